The van der Waals surface area contributed by atoms with E-state index in [-0.39, 0.29) is 5.91 Å². The van der Waals surface area contributed by atoms with E-state index >= 15 is 0 Å². The highest BCUT2D eigenvalue weighted by molar-refractivity contribution is 6.03. The smallest absolute Gasteiger partial charge is 0.276 e. The molecule has 0 fully saturated rings. The Labute approximate surface area is 134 Å². The largest absolute Gasteiger partial charge is 0.497 e. The van der Waals surface area contributed by atoms with Gasteiger partial charge in [-0.25, -0.2) is 0 Å². The second-order valence-corrected chi connectivity index (χ2v) is 5.09. The van der Waals surface area contributed by atoms with Gasteiger partial charge in [0.25, 0.3) is 5.91 Å². The Bertz CT molecular complexity index is 808. The number of carbonyl (C=O) groups is 1. The molecule has 0 aliphatic heterocycles. The summed E-state index contributed by atoms with van der Waals surface area (Å²) in [6.45, 7) is 0. The average molecular weight is 307 g/mol. The van der Waals surface area contributed by atoms with Crippen molar-refractivity contribution >= 4 is 11.6 Å². The van der Waals surface area contributed by atoms with E-state index < -0.39 is 0 Å². The minimum Gasteiger partial charge on any atom is -0.497 e. The number of carbonyl (C=O) groups excluding carboxylic acids is 1. The number of nitrogens with zero attached hydrogens (tertiary/aromatic N) is 2. The van der Waals surface area contributed by atoms with Crippen LogP contribution in [0, 0.1) is 0 Å². The van der Waals surface area contributed by atoms with E-state index in [0.717, 1.165) is 17.0 Å². The van der Waals surface area contributed by atoms with E-state index in [4.69, 9.17) is 4.74 Å². The molecule has 0 bridgehead atoms. The van der Waals surface area contributed by atoms with Crippen LogP contribution in [0.3, 0.4) is 0 Å². The molecule has 0 atom stereocenters. The van der Waals surface area contributed by atoms with Crippen LogP contribution < -0.4 is 10.1 Å². The Hall–Kier alpha value is -3.08. The average Bonchev–Trinajstić information content (AvgIpc) is 2.98. The van der Waals surface area contributed by atoms with Gasteiger partial charge in [-0.05, 0) is 35.9 Å². The van der Waals surface area contributed by atoms with Gasteiger partial charge in [-0.1, -0.05) is 30.3 Å². The first-order valence-electron chi connectivity index (χ1n) is 7.22. The normalized spacial score (nSPS) is 10.3. The lowest BCUT2D eigenvalue weighted by molar-refractivity contribution is 0.102. The fourth-order valence-corrected chi connectivity index (χ4v) is 2.33. The molecule has 0 spiro atoms. The molecule has 116 valence electrons. The number of methoxy groups -OCH3 is 1. The Morgan fingerprint density at radius 2 is 1.78 bits per heavy atom. The summed E-state index contributed by atoms with van der Waals surface area (Å²) in [5.74, 6) is 0.500. The summed E-state index contributed by atoms with van der Waals surface area (Å²) < 4.78 is 6.81. The predicted molar refractivity (Wildman–Crippen MR) is 89.6 cm³/mol. The molecule has 3 aromatic rings. The van der Waals surface area contributed by atoms with E-state index in [9.17, 15) is 4.79 Å². The van der Waals surface area contributed by atoms with Gasteiger partial charge in [0.15, 0.2) is 5.69 Å². The standard InChI is InChI=1S/C18H17N3O2/c1-21-17(13-6-4-3-5-7-13)12-16(20-21)18(22)19-14-8-10-15(23-2)11-9-14/h3-12H,1-2H3,(H,19,22). The molecule has 23 heavy (non-hydrogen) atoms. The van der Waals surface area contributed by atoms with E-state index in [1.54, 1.807) is 42.1 Å². The van der Waals surface area contributed by atoms with Crippen LogP contribution in [0.2, 0.25) is 0 Å². The minimum absolute atomic E-state index is 0.243. The first kappa shape index (κ1) is 14.8. The Balaban J connectivity index is 1.80. The van der Waals surface area contributed by atoms with Crippen LogP contribution >= 0.6 is 0 Å². The molecular formula is C18H17N3O2. The van der Waals surface area contributed by atoms with Gasteiger partial charge in [0.05, 0.1) is 12.8 Å². The number of aromatic nitrogens is 2. The highest BCUT2D eigenvalue weighted by Crippen LogP contribution is 2.20. The zero-order valence-electron chi connectivity index (χ0n) is 13.0. The van der Waals surface area contributed by atoms with Gasteiger partial charge in [-0.3, -0.25) is 9.48 Å². The van der Waals surface area contributed by atoms with Crippen molar-refractivity contribution in [2.75, 3.05) is 12.4 Å². The third kappa shape index (κ3) is 3.23. The monoisotopic (exact) mass is 307 g/mol. The molecule has 1 aromatic heterocycles. The van der Waals surface area contributed by atoms with Crippen LogP contribution in [-0.2, 0) is 7.05 Å². The van der Waals surface area contributed by atoms with E-state index in [2.05, 4.69) is 10.4 Å². The second kappa shape index (κ2) is 6.36. The van der Waals surface area contributed by atoms with Gasteiger partial charge < -0.3 is 10.1 Å². The van der Waals surface area contributed by atoms with Gasteiger partial charge >= 0.3 is 0 Å². The van der Waals surface area contributed by atoms with Crippen molar-refractivity contribution < 1.29 is 9.53 Å². The van der Waals surface area contributed by atoms with Crippen molar-refractivity contribution in [2.24, 2.45) is 7.05 Å². The second-order valence-electron chi connectivity index (χ2n) is 5.09. The molecule has 0 radical (unpaired) electrons. The van der Waals surface area contributed by atoms with Gasteiger partial charge in [0.2, 0.25) is 0 Å². The Kier molecular flexibility index (Phi) is 4.10. The number of amides is 1. The molecule has 5 heteroatoms. The molecule has 5 nitrogen and oxygen atoms in total. The lowest BCUT2D eigenvalue weighted by atomic mass is 10.1. The molecule has 0 unspecified atom stereocenters. The first-order chi connectivity index (χ1) is 11.2. The quantitative estimate of drug-likeness (QED) is 0.804. The van der Waals surface area contributed by atoms with Crippen LogP contribution in [-0.4, -0.2) is 22.8 Å². The maximum Gasteiger partial charge on any atom is 0.276 e. The molecule has 0 saturated heterocycles. The van der Waals surface area contributed by atoms with Crippen LogP contribution in [0.15, 0.2) is 60.7 Å². The highest BCUT2D eigenvalue weighted by Gasteiger charge is 2.14. The third-order valence-electron chi connectivity index (χ3n) is 3.53. The van der Waals surface area contributed by atoms with Crippen LogP contribution in [0.4, 0.5) is 5.69 Å². The van der Waals surface area contributed by atoms with E-state index in [1.165, 1.54) is 0 Å². The number of rotatable bonds is 4. The molecule has 1 amide bonds. The van der Waals surface area contributed by atoms with Crippen molar-refractivity contribution in [3.05, 3.63) is 66.4 Å². The summed E-state index contributed by atoms with van der Waals surface area (Å²) in [7, 11) is 3.43. The van der Waals surface area contributed by atoms with Crippen molar-refractivity contribution in [3.63, 3.8) is 0 Å². The van der Waals surface area contributed by atoms with Gasteiger partial charge in [-0.15, -0.1) is 0 Å². The molecule has 1 heterocycles. The Morgan fingerprint density at radius 1 is 1.09 bits per heavy atom. The minimum atomic E-state index is -0.243. The maximum atomic E-state index is 12.3. The number of aryl methyl sites for hydroxylation is 1. The van der Waals surface area contributed by atoms with Gasteiger partial charge in [0.1, 0.15) is 5.75 Å². The molecule has 3 rings (SSSR count). The summed E-state index contributed by atoms with van der Waals surface area (Å²) in [4.78, 5) is 12.3. The Morgan fingerprint density at radius 3 is 2.43 bits per heavy atom. The summed E-state index contributed by atoms with van der Waals surface area (Å²) in [5, 5.41) is 7.13. The predicted octanol–water partition coefficient (Wildman–Crippen LogP) is 3.35. The SMILES string of the molecule is COc1ccc(NC(=O)c2cc(-c3ccccc3)n(C)n2)cc1. The first-order valence-corrected chi connectivity index (χ1v) is 7.22. The summed E-state index contributed by atoms with van der Waals surface area (Å²) >= 11 is 0. The number of hydrogen-bond donors (Lipinski definition) is 1. The zero-order valence-corrected chi connectivity index (χ0v) is 13.0. The van der Waals surface area contributed by atoms with Crippen LogP contribution in [0.1, 0.15) is 10.5 Å². The number of benzene rings is 2. The lowest BCUT2D eigenvalue weighted by Crippen LogP contribution is -2.12. The van der Waals surface area contributed by atoms with Crippen molar-refractivity contribution in [3.8, 4) is 17.0 Å². The van der Waals surface area contributed by atoms with E-state index in [1.807, 2.05) is 37.4 Å². The zero-order chi connectivity index (χ0) is 16.2. The van der Waals surface area contributed by atoms with Crippen LogP contribution in [0.25, 0.3) is 11.3 Å². The van der Waals surface area contributed by atoms with Gasteiger partial charge in [0, 0.05) is 12.7 Å². The van der Waals surface area contributed by atoms with E-state index in [0.29, 0.717) is 11.4 Å². The molecule has 0 aliphatic rings. The fraction of sp³-hybridized carbons (Fsp3) is 0.111. The number of hydrogen-bond acceptors (Lipinski definition) is 3. The molecule has 0 saturated carbocycles. The topological polar surface area (TPSA) is 56.1 Å². The molecular weight excluding hydrogens is 290 g/mol. The number of ether oxygens (including phenoxy) is 1. The fourth-order valence-electron chi connectivity index (χ4n) is 2.33. The summed E-state index contributed by atoms with van der Waals surface area (Å²) in [6.07, 6.45) is 0. The maximum absolute atomic E-state index is 12.3. The molecule has 0 aliphatic carbocycles. The molecule has 1 N–H and O–H groups in total. The number of anilines is 1. The highest BCUT2D eigenvalue weighted by atomic mass is 16.5. The molecule has 2 aromatic carbocycles. The van der Waals surface area contributed by atoms with Crippen LogP contribution in [0.5, 0.6) is 5.75 Å². The lowest BCUT2D eigenvalue weighted by Gasteiger charge is -2.04. The summed E-state index contributed by atoms with van der Waals surface area (Å²) in [5.41, 5.74) is 2.99. The number of nitrogens with one attached hydrogen (secondary N) is 1. The van der Waals surface area contributed by atoms with Crippen molar-refractivity contribution in [1.29, 1.82) is 0 Å². The van der Waals surface area contributed by atoms with Gasteiger partial charge in [-0.2, -0.15) is 5.10 Å². The third-order valence-corrected chi connectivity index (χ3v) is 3.53. The summed E-state index contributed by atoms with van der Waals surface area (Å²) in [6, 6.07) is 18.8. The van der Waals surface area contributed by atoms with Crippen molar-refractivity contribution in [1.82, 2.24) is 9.78 Å². The van der Waals surface area contributed by atoms with Crippen molar-refractivity contribution in [2.45, 2.75) is 0 Å².